The molecule has 11 heavy (non-hydrogen) atoms. The summed E-state index contributed by atoms with van der Waals surface area (Å²) in [5, 5.41) is 3.96. The maximum atomic E-state index is 5.79. The molecule has 4 heteroatoms. The van der Waals surface area contributed by atoms with Crippen LogP contribution in [0.3, 0.4) is 0 Å². The molecule has 2 N–H and O–H groups in total. The molecular formula is C7H14N4. The second kappa shape index (κ2) is 4.08. The molecule has 0 bridgehead atoms. The van der Waals surface area contributed by atoms with Gasteiger partial charge in [-0.05, 0) is 6.42 Å². The van der Waals surface area contributed by atoms with Crippen LogP contribution >= 0.6 is 0 Å². The van der Waals surface area contributed by atoms with E-state index in [0.29, 0.717) is 0 Å². The second-order valence-corrected chi connectivity index (χ2v) is 2.67. The average molecular weight is 154 g/mol. The lowest BCUT2D eigenvalue weighted by Gasteiger charge is -2.08. The minimum absolute atomic E-state index is 0.210. The first-order valence-electron chi connectivity index (χ1n) is 3.91. The smallest absolute Gasteiger partial charge is 0.137 e. The minimum Gasteiger partial charge on any atom is -0.326 e. The molecule has 0 saturated carbocycles. The first-order chi connectivity index (χ1) is 5.33. The number of hydrogen-bond donors (Lipinski definition) is 1. The molecule has 0 aliphatic heterocycles. The van der Waals surface area contributed by atoms with Crippen molar-refractivity contribution < 1.29 is 0 Å². The minimum atomic E-state index is 0.210. The van der Waals surface area contributed by atoms with E-state index in [1.165, 1.54) is 6.33 Å². The number of rotatable bonds is 4. The van der Waals surface area contributed by atoms with E-state index in [1.54, 1.807) is 11.0 Å². The van der Waals surface area contributed by atoms with Gasteiger partial charge in [-0.3, -0.25) is 4.68 Å². The van der Waals surface area contributed by atoms with Gasteiger partial charge in [0.1, 0.15) is 12.7 Å². The highest BCUT2D eigenvalue weighted by Gasteiger charge is 2.01. The zero-order chi connectivity index (χ0) is 8.10. The van der Waals surface area contributed by atoms with Gasteiger partial charge in [-0.2, -0.15) is 5.10 Å². The summed E-state index contributed by atoms with van der Waals surface area (Å²) < 4.78 is 1.76. The van der Waals surface area contributed by atoms with Crippen molar-refractivity contribution in [1.82, 2.24) is 14.8 Å². The third kappa shape index (κ3) is 2.67. The zero-order valence-corrected chi connectivity index (χ0v) is 6.77. The quantitative estimate of drug-likeness (QED) is 0.683. The molecule has 0 spiro atoms. The van der Waals surface area contributed by atoms with Crippen LogP contribution < -0.4 is 5.73 Å². The SMILES string of the molecule is CCCC(N)Cn1cncn1. The van der Waals surface area contributed by atoms with Crippen LogP contribution in [-0.4, -0.2) is 20.8 Å². The molecule has 1 aromatic heterocycles. The Kier molecular flexibility index (Phi) is 3.04. The molecule has 1 rings (SSSR count). The van der Waals surface area contributed by atoms with Gasteiger partial charge in [-0.25, -0.2) is 4.98 Å². The lowest BCUT2D eigenvalue weighted by atomic mass is 10.2. The van der Waals surface area contributed by atoms with E-state index < -0.39 is 0 Å². The molecule has 1 atom stereocenters. The lowest BCUT2D eigenvalue weighted by Crippen LogP contribution is -2.26. The van der Waals surface area contributed by atoms with E-state index in [0.717, 1.165) is 19.4 Å². The Morgan fingerprint density at radius 2 is 2.45 bits per heavy atom. The monoisotopic (exact) mass is 154 g/mol. The van der Waals surface area contributed by atoms with Gasteiger partial charge in [0.05, 0.1) is 6.54 Å². The first-order valence-corrected chi connectivity index (χ1v) is 3.91. The molecule has 1 unspecified atom stereocenters. The van der Waals surface area contributed by atoms with Gasteiger partial charge in [0, 0.05) is 6.04 Å². The standard InChI is InChI=1S/C7H14N4/c1-2-3-7(8)4-11-6-9-5-10-11/h5-7H,2-4,8H2,1H3. The van der Waals surface area contributed by atoms with Crippen molar-refractivity contribution in [3.05, 3.63) is 12.7 Å². The van der Waals surface area contributed by atoms with E-state index in [2.05, 4.69) is 17.0 Å². The van der Waals surface area contributed by atoms with Crippen LogP contribution in [0.15, 0.2) is 12.7 Å². The third-order valence-electron chi connectivity index (χ3n) is 1.55. The predicted octanol–water partition coefficient (Wildman–Crippen LogP) is 0.405. The van der Waals surface area contributed by atoms with Crippen molar-refractivity contribution in [2.24, 2.45) is 5.73 Å². The maximum absolute atomic E-state index is 5.79. The van der Waals surface area contributed by atoms with E-state index in [4.69, 9.17) is 5.73 Å². The van der Waals surface area contributed by atoms with Crippen molar-refractivity contribution in [1.29, 1.82) is 0 Å². The summed E-state index contributed by atoms with van der Waals surface area (Å²) >= 11 is 0. The fraction of sp³-hybridized carbons (Fsp3) is 0.714. The topological polar surface area (TPSA) is 56.7 Å². The molecule has 1 aromatic rings. The molecule has 0 fully saturated rings. The fourth-order valence-corrected chi connectivity index (χ4v) is 1.03. The van der Waals surface area contributed by atoms with E-state index in [1.807, 2.05) is 0 Å². The summed E-state index contributed by atoms with van der Waals surface area (Å²) in [6.45, 7) is 2.90. The Morgan fingerprint density at radius 3 is 3.00 bits per heavy atom. The van der Waals surface area contributed by atoms with Crippen LogP contribution in [0.4, 0.5) is 0 Å². The van der Waals surface area contributed by atoms with Crippen LogP contribution in [-0.2, 0) is 6.54 Å². The molecule has 4 nitrogen and oxygen atoms in total. The summed E-state index contributed by atoms with van der Waals surface area (Å²) in [6, 6.07) is 0.210. The fourth-order valence-electron chi connectivity index (χ4n) is 1.03. The lowest BCUT2D eigenvalue weighted by molar-refractivity contribution is 0.481. The molecule has 62 valence electrons. The van der Waals surface area contributed by atoms with E-state index in [9.17, 15) is 0 Å². The summed E-state index contributed by atoms with van der Waals surface area (Å²) in [6.07, 6.45) is 5.38. The van der Waals surface area contributed by atoms with Crippen LogP contribution in [0.25, 0.3) is 0 Å². The summed E-state index contributed by atoms with van der Waals surface area (Å²) in [4.78, 5) is 3.83. The molecule has 0 amide bonds. The predicted molar refractivity (Wildman–Crippen MR) is 42.9 cm³/mol. The van der Waals surface area contributed by atoms with Crippen molar-refractivity contribution >= 4 is 0 Å². The molecule has 0 aliphatic rings. The number of hydrogen-bond acceptors (Lipinski definition) is 3. The van der Waals surface area contributed by atoms with Gasteiger partial charge in [-0.15, -0.1) is 0 Å². The maximum Gasteiger partial charge on any atom is 0.137 e. The Hall–Kier alpha value is -0.900. The van der Waals surface area contributed by atoms with Crippen LogP contribution in [0.2, 0.25) is 0 Å². The second-order valence-electron chi connectivity index (χ2n) is 2.67. The normalized spacial score (nSPS) is 13.3. The molecule has 0 aliphatic carbocycles. The van der Waals surface area contributed by atoms with Crippen molar-refractivity contribution in [3.8, 4) is 0 Å². The van der Waals surface area contributed by atoms with Crippen molar-refractivity contribution in [2.75, 3.05) is 0 Å². The van der Waals surface area contributed by atoms with Gasteiger partial charge >= 0.3 is 0 Å². The Morgan fingerprint density at radius 1 is 1.64 bits per heavy atom. The zero-order valence-electron chi connectivity index (χ0n) is 6.77. The largest absolute Gasteiger partial charge is 0.326 e. The highest BCUT2D eigenvalue weighted by Crippen LogP contribution is 1.95. The Labute approximate surface area is 66.4 Å². The third-order valence-corrected chi connectivity index (χ3v) is 1.55. The molecule has 1 heterocycles. The van der Waals surface area contributed by atoms with Gasteiger partial charge in [-0.1, -0.05) is 13.3 Å². The highest BCUT2D eigenvalue weighted by atomic mass is 15.3. The Bertz CT molecular complexity index is 182. The molecule has 0 aromatic carbocycles. The molecule has 0 radical (unpaired) electrons. The first kappa shape index (κ1) is 8.20. The van der Waals surface area contributed by atoms with Gasteiger partial charge in [0.15, 0.2) is 0 Å². The highest BCUT2D eigenvalue weighted by molar-refractivity contribution is 4.63. The van der Waals surface area contributed by atoms with Crippen molar-refractivity contribution in [3.63, 3.8) is 0 Å². The summed E-state index contributed by atoms with van der Waals surface area (Å²) in [5.74, 6) is 0. The van der Waals surface area contributed by atoms with Gasteiger partial charge < -0.3 is 5.73 Å². The van der Waals surface area contributed by atoms with E-state index in [-0.39, 0.29) is 6.04 Å². The van der Waals surface area contributed by atoms with Crippen molar-refractivity contribution in [2.45, 2.75) is 32.4 Å². The number of aromatic nitrogens is 3. The van der Waals surface area contributed by atoms with Gasteiger partial charge in [0.25, 0.3) is 0 Å². The molecule has 0 saturated heterocycles. The summed E-state index contributed by atoms with van der Waals surface area (Å²) in [7, 11) is 0. The number of nitrogens with zero attached hydrogens (tertiary/aromatic N) is 3. The molecular weight excluding hydrogens is 140 g/mol. The van der Waals surface area contributed by atoms with Crippen LogP contribution in [0.1, 0.15) is 19.8 Å². The average Bonchev–Trinajstić information content (AvgIpc) is 2.40. The van der Waals surface area contributed by atoms with E-state index >= 15 is 0 Å². The van der Waals surface area contributed by atoms with Gasteiger partial charge in [0.2, 0.25) is 0 Å². The van der Waals surface area contributed by atoms with Crippen LogP contribution in [0, 0.1) is 0 Å². The number of nitrogens with two attached hydrogens (primary N) is 1. The van der Waals surface area contributed by atoms with Crippen LogP contribution in [0.5, 0.6) is 0 Å². The Balaban J connectivity index is 2.31. The summed E-state index contributed by atoms with van der Waals surface area (Å²) in [5.41, 5.74) is 5.79.